The lowest BCUT2D eigenvalue weighted by Crippen LogP contribution is -2.68. The minimum absolute atomic E-state index is 0.0230. The van der Waals surface area contributed by atoms with E-state index in [4.69, 9.17) is 9.47 Å². The summed E-state index contributed by atoms with van der Waals surface area (Å²) in [6.07, 6.45) is -0.542. The number of ether oxygens (including phenoxy) is 2. The molecule has 2 aliphatic rings. The number of hydrogen-bond donors (Lipinski definition) is 1. The van der Waals surface area contributed by atoms with Gasteiger partial charge in [0.25, 0.3) is 5.91 Å². The highest BCUT2D eigenvalue weighted by atomic mass is 32.1. The Hall–Kier alpha value is -4.10. The quantitative estimate of drug-likeness (QED) is 0.255. The number of benzene rings is 2. The Bertz CT molecular complexity index is 1590. The molecular formula is C31H35F2N4O6S+. The van der Waals surface area contributed by atoms with E-state index in [0.717, 1.165) is 12.1 Å². The molecule has 1 aromatic heterocycles. The number of hydrogen-bond acceptors (Lipinski definition) is 7. The number of carboxylic acids is 1. The fourth-order valence-electron chi connectivity index (χ4n) is 5.88. The van der Waals surface area contributed by atoms with Crippen LogP contribution in [0.4, 0.5) is 13.9 Å². The number of anilines is 1. The SMILES string of the molecule is COc1cc(OCCN2CC([N+](C)(C)C)C2=O)ccc1-c1csc(N(C)C(=O)C2(CC(=O)O)Cc3cc(F)c(F)cc3C2)n1. The number of β-lactam (4-membered cyclic amide) rings is 1. The number of likely N-dealkylation sites (N-methyl/N-ethyl adjacent to an activating group) is 1. The third-order valence-corrected chi connectivity index (χ3v) is 9.25. The first-order valence-electron chi connectivity index (χ1n) is 14.1. The van der Waals surface area contributed by atoms with Crippen LogP contribution in [0.15, 0.2) is 35.7 Å². The number of carbonyl (C=O) groups excluding carboxylic acids is 2. The first-order valence-corrected chi connectivity index (χ1v) is 14.9. The summed E-state index contributed by atoms with van der Waals surface area (Å²) in [5.74, 6) is -2.58. The number of fused-ring (bicyclic) bond motifs is 1. The molecule has 2 amide bonds. The Balaban J connectivity index is 1.27. The lowest BCUT2D eigenvalue weighted by atomic mass is 9.80. The lowest BCUT2D eigenvalue weighted by Gasteiger charge is -2.45. The highest BCUT2D eigenvalue weighted by Gasteiger charge is 2.48. The molecule has 44 heavy (non-hydrogen) atoms. The summed E-state index contributed by atoms with van der Waals surface area (Å²) in [7, 11) is 9.04. The highest BCUT2D eigenvalue weighted by Crippen LogP contribution is 2.43. The summed E-state index contributed by atoms with van der Waals surface area (Å²) in [5, 5.41) is 11.7. The van der Waals surface area contributed by atoms with Crippen molar-refractivity contribution in [1.82, 2.24) is 9.88 Å². The van der Waals surface area contributed by atoms with Gasteiger partial charge < -0.3 is 24.0 Å². The topological polar surface area (TPSA) is 109 Å². The number of carbonyl (C=O) groups is 3. The number of methoxy groups -OCH3 is 1. The van der Waals surface area contributed by atoms with E-state index in [1.165, 1.54) is 30.4 Å². The molecule has 1 atom stereocenters. The van der Waals surface area contributed by atoms with Gasteiger partial charge in [-0.2, -0.15) is 0 Å². The van der Waals surface area contributed by atoms with Gasteiger partial charge in [-0.1, -0.05) is 0 Å². The largest absolute Gasteiger partial charge is 0.496 e. The van der Waals surface area contributed by atoms with E-state index in [-0.39, 0.29) is 24.8 Å². The number of likely N-dealkylation sites (tertiary alicyclic amines) is 1. The van der Waals surface area contributed by atoms with Crippen LogP contribution in [0.3, 0.4) is 0 Å². The lowest BCUT2D eigenvalue weighted by molar-refractivity contribution is -0.890. The van der Waals surface area contributed by atoms with Crippen LogP contribution < -0.4 is 14.4 Å². The van der Waals surface area contributed by atoms with Crippen LogP contribution in [0, 0.1) is 17.0 Å². The number of quaternary nitrogens is 1. The second-order valence-electron chi connectivity index (χ2n) is 12.2. The van der Waals surface area contributed by atoms with Gasteiger partial charge in [-0.3, -0.25) is 19.3 Å². The molecular weight excluding hydrogens is 594 g/mol. The Morgan fingerprint density at radius 3 is 2.39 bits per heavy atom. The monoisotopic (exact) mass is 629 g/mol. The number of thiazole rings is 1. The maximum absolute atomic E-state index is 13.9. The van der Waals surface area contributed by atoms with Gasteiger partial charge in [0.2, 0.25) is 5.91 Å². The first kappa shape index (κ1) is 31.3. The molecule has 1 saturated heterocycles. The molecule has 1 unspecified atom stereocenters. The molecule has 1 aliphatic heterocycles. The number of amides is 2. The number of aromatic nitrogens is 1. The van der Waals surface area contributed by atoms with Crippen molar-refractivity contribution in [3.8, 4) is 22.8 Å². The van der Waals surface area contributed by atoms with Crippen molar-refractivity contribution in [1.29, 1.82) is 0 Å². The van der Waals surface area contributed by atoms with Crippen LogP contribution in [-0.4, -0.2) is 98.3 Å². The zero-order chi connectivity index (χ0) is 32.0. The molecule has 2 heterocycles. The second-order valence-corrected chi connectivity index (χ2v) is 13.1. The molecule has 0 radical (unpaired) electrons. The first-order chi connectivity index (χ1) is 20.7. The molecule has 1 fully saturated rings. The fourth-order valence-corrected chi connectivity index (χ4v) is 6.66. The van der Waals surface area contributed by atoms with Gasteiger partial charge in [-0.05, 0) is 48.2 Å². The Kier molecular flexibility index (Phi) is 8.38. The standard InChI is InChI=1S/C31H34F2N4O6S/c1-35(29(41)31(15-27(38)39)13-18-10-22(32)23(33)11-19(18)14-31)30-34-24(17-44-30)21-7-6-20(12-26(21)42-5)43-9-8-36-16-25(28(36)40)37(2,3)4/h6-7,10-12,17,25H,8-9,13-16H2,1-5H3/p+1. The van der Waals surface area contributed by atoms with Crippen LogP contribution in [-0.2, 0) is 27.2 Å². The van der Waals surface area contributed by atoms with Gasteiger partial charge in [0.1, 0.15) is 18.1 Å². The van der Waals surface area contributed by atoms with Crippen molar-refractivity contribution in [2.45, 2.75) is 25.3 Å². The molecule has 10 nitrogen and oxygen atoms in total. The summed E-state index contributed by atoms with van der Waals surface area (Å²) in [5.41, 5.74) is 0.634. The van der Waals surface area contributed by atoms with Crippen molar-refractivity contribution in [2.75, 3.05) is 59.9 Å². The van der Waals surface area contributed by atoms with Crippen molar-refractivity contribution in [2.24, 2.45) is 5.41 Å². The van der Waals surface area contributed by atoms with Gasteiger partial charge in [0.15, 0.2) is 22.8 Å². The molecule has 0 saturated carbocycles. The summed E-state index contributed by atoms with van der Waals surface area (Å²) < 4.78 is 39.9. The number of nitrogens with zero attached hydrogens (tertiary/aromatic N) is 4. The van der Waals surface area contributed by atoms with Gasteiger partial charge in [-0.25, -0.2) is 13.8 Å². The maximum atomic E-state index is 13.9. The zero-order valence-corrected chi connectivity index (χ0v) is 26.0. The van der Waals surface area contributed by atoms with Gasteiger partial charge in [-0.15, -0.1) is 11.3 Å². The molecule has 3 aromatic rings. The van der Waals surface area contributed by atoms with Crippen LogP contribution in [0.1, 0.15) is 17.5 Å². The van der Waals surface area contributed by atoms with Gasteiger partial charge >= 0.3 is 5.97 Å². The summed E-state index contributed by atoms with van der Waals surface area (Å²) >= 11 is 1.20. The van der Waals surface area contributed by atoms with Crippen molar-refractivity contribution >= 4 is 34.3 Å². The van der Waals surface area contributed by atoms with Crippen molar-refractivity contribution in [3.05, 3.63) is 58.5 Å². The Morgan fingerprint density at radius 1 is 1.16 bits per heavy atom. The third-order valence-electron chi connectivity index (χ3n) is 8.33. The molecule has 0 spiro atoms. The Morgan fingerprint density at radius 2 is 1.82 bits per heavy atom. The predicted molar refractivity (Wildman–Crippen MR) is 160 cm³/mol. The predicted octanol–water partition coefficient (Wildman–Crippen LogP) is 3.62. The minimum Gasteiger partial charge on any atom is -0.496 e. The number of carboxylic acid groups (broad SMARTS) is 1. The van der Waals surface area contributed by atoms with Gasteiger partial charge in [0.05, 0.1) is 58.9 Å². The van der Waals surface area contributed by atoms with Crippen LogP contribution >= 0.6 is 11.3 Å². The molecule has 13 heteroatoms. The van der Waals surface area contributed by atoms with Crippen LogP contribution in [0.2, 0.25) is 0 Å². The molecule has 5 rings (SSSR count). The minimum atomic E-state index is -1.40. The summed E-state index contributed by atoms with van der Waals surface area (Å²) in [4.78, 5) is 45.7. The molecule has 1 aliphatic carbocycles. The van der Waals surface area contributed by atoms with E-state index in [1.54, 1.807) is 28.5 Å². The van der Waals surface area contributed by atoms with E-state index in [2.05, 4.69) is 4.98 Å². The summed E-state index contributed by atoms with van der Waals surface area (Å²) in [6, 6.07) is 7.33. The average molecular weight is 630 g/mol. The van der Waals surface area contributed by atoms with Gasteiger partial charge in [0, 0.05) is 24.1 Å². The molecule has 2 aromatic carbocycles. The molecule has 234 valence electrons. The Labute approximate surface area is 258 Å². The number of rotatable bonds is 11. The van der Waals surface area contributed by atoms with Crippen molar-refractivity contribution < 1.29 is 42.2 Å². The molecule has 0 bridgehead atoms. The molecule has 1 N–H and O–H groups in total. The van der Waals surface area contributed by atoms with E-state index in [1.807, 2.05) is 21.1 Å². The average Bonchev–Trinajstić information content (AvgIpc) is 3.58. The summed E-state index contributed by atoms with van der Waals surface area (Å²) in [6.45, 7) is 1.50. The van der Waals surface area contributed by atoms with E-state index in [9.17, 15) is 28.3 Å². The second kappa shape index (κ2) is 11.8. The fraction of sp³-hybridized carbons (Fsp3) is 0.419. The normalized spacial score (nSPS) is 17.2. The van der Waals surface area contributed by atoms with E-state index in [0.29, 0.717) is 63.2 Å². The van der Waals surface area contributed by atoms with Crippen LogP contribution in [0.25, 0.3) is 11.3 Å². The van der Waals surface area contributed by atoms with E-state index < -0.39 is 35.3 Å². The third kappa shape index (κ3) is 5.98. The number of aliphatic carboxylic acids is 1. The number of halogens is 2. The zero-order valence-electron chi connectivity index (χ0n) is 25.2. The smallest absolute Gasteiger partial charge is 0.304 e. The van der Waals surface area contributed by atoms with Crippen molar-refractivity contribution in [3.63, 3.8) is 0 Å². The maximum Gasteiger partial charge on any atom is 0.304 e. The highest BCUT2D eigenvalue weighted by molar-refractivity contribution is 7.14. The van der Waals surface area contributed by atoms with Crippen LogP contribution in [0.5, 0.6) is 11.5 Å². The van der Waals surface area contributed by atoms with E-state index >= 15 is 0 Å².